The van der Waals surface area contributed by atoms with Crippen molar-refractivity contribution >= 4 is 49.8 Å². The van der Waals surface area contributed by atoms with Crippen molar-refractivity contribution < 1.29 is 48.3 Å². The van der Waals surface area contributed by atoms with Gasteiger partial charge < -0.3 is 5.48 Å². The van der Waals surface area contributed by atoms with Gasteiger partial charge in [-0.05, 0) is 0 Å². The molecule has 0 saturated heterocycles. The average Bonchev–Trinajstić information content (AvgIpc) is 0.722. The first-order valence-corrected chi connectivity index (χ1v) is 3.10. The molecule has 0 fully saturated rings. The molecular formula is H4Na2O4S2. The van der Waals surface area contributed by atoms with Crippen molar-refractivity contribution in [3.8, 4) is 0 Å². The molecule has 0 radical (unpaired) electrons. The van der Waals surface area contributed by atoms with Gasteiger partial charge in [0.05, 0.1) is 0 Å². The van der Waals surface area contributed by atoms with Crippen molar-refractivity contribution in [2.45, 2.75) is 0 Å². The van der Waals surface area contributed by atoms with Crippen LogP contribution < -0.4 is 29.6 Å². The van der Waals surface area contributed by atoms with Gasteiger partial charge in [0.15, 0.2) is 0 Å². The van der Waals surface area contributed by atoms with Crippen molar-refractivity contribution in [1.82, 2.24) is 0 Å². The standard InChI is InChI=1S/2Na.H2O3S2.H2O.H/c;;1-5(2,3)4;;/h;;(H2,1,2,3,4);1H2;/q;+1;;;/p-1. The summed E-state index contributed by atoms with van der Waals surface area (Å²) in [6.07, 6.45) is 0. The molecule has 0 aromatic carbocycles. The summed E-state index contributed by atoms with van der Waals surface area (Å²) in [6, 6.07) is 0. The molecular weight excluding hydrogens is 174 g/mol. The maximum absolute atomic E-state index is 9.11. The largest absolute Gasteiger partial charge is 0.870 e. The van der Waals surface area contributed by atoms with Crippen molar-refractivity contribution in [2.75, 3.05) is 0 Å². The normalized spacial score (nSPS) is 7.25. The predicted octanol–water partition coefficient (Wildman–Crippen LogP) is -4.14. The van der Waals surface area contributed by atoms with Gasteiger partial charge in [-0.2, -0.15) is 4.21 Å². The summed E-state index contributed by atoms with van der Waals surface area (Å²) in [5.41, 5.74) is 0. The van der Waals surface area contributed by atoms with Gasteiger partial charge in [-0.25, -0.2) is 0 Å². The van der Waals surface area contributed by atoms with Crippen molar-refractivity contribution in [1.29, 1.82) is 0 Å². The first-order valence-electron chi connectivity index (χ1n) is 0.698. The van der Waals surface area contributed by atoms with Crippen molar-refractivity contribution in [3.63, 3.8) is 0 Å². The fourth-order valence-corrected chi connectivity index (χ4v) is 0. The second kappa shape index (κ2) is 9.25. The predicted molar refractivity (Wildman–Crippen MR) is 29.8 cm³/mol. The van der Waals surface area contributed by atoms with E-state index in [4.69, 9.17) is 13.3 Å². The van der Waals surface area contributed by atoms with E-state index in [9.17, 15) is 0 Å². The van der Waals surface area contributed by atoms with E-state index in [1.807, 2.05) is 0 Å². The molecule has 42 valence electrons. The zero-order chi connectivity index (χ0) is 4.50. The quantitative estimate of drug-likeness (QED) is 0.368. The van der Waals surface area contributed by atoms with Crippen LogP contribution in [0.1, 0.15) is 0 Å². The molecule has 0 rings (SSSR count). The summed E-state index contributed by atoms with van der Waals surface area (Å²) >= 11 is 3.47. The van der Waals surface area contributed by atoms with E-state index < -0.39 is 9.05 Å². The van der Waals surface area contributed by atoms with Crippen LogP contribution in [0.2, 0.25) is 0 Å². The van der Waals surface area contributed by atoms with Gasteiger partial charge in [-0.15, -0.1) is 0 Å². The van der Waals surface area contributed by atoms with Crippen LogP contribution in [0.4, 0.5) is 0 Å². The first-order chi connectivity index (χ1) is 2.00. The van der Waals surface area contributed by atoms with E-state index in [0.717, 1.165) is 0 Å². The molecule has 0 heterocycles. The Bertz CT molecular complexity index is 95.2. The minimum Gasteiger partial charge on any atom is -0.870 e. The van der Waals surface area contributed by atoms with E-state index >= 15 is 0 Å². The Morgan fingerprint density at radius 2 is 1.38 bits per heavy atom. The number of rotatable bonds is 0. The maximum atomic E-state index is 9.11. The molecule has 0 aromatic heterocycles. The summed E-state index contributed by atoms with van der Waals surface area (Å²) in [5.74, 6) is 0. The summed E-state index contributed by atoms with van der Waals surface area (Å²) in [4.78, 5) is 0. The Hall–Kier alpha value is 2.25. The van der Waals surface area contributed by atoms with Crippen LogP contribution in [0.25, 0.3) is 0 Å². The van der Waals surface area contributed by atoms with Crippen LogP contribution in [0.3, 0.4) is 0 Å². The minimum absolute atomic E-state index is 0. The molecule has 0 atom stereocenters. The minimum atomic E-state index is -3.83. The topological polar surface area (TPSA) is 87.5 Å². The first kappa shape index (κ1) is 22.5. The third kappa shape index (κ3) is 85.7. The molecule has 8 heavy (non-hydrogen) atoms. The molecule has 0 aliphatic heterocycles. The van der Waals surface area contributed by atoms with E-state index in [0.29, 0.717) is 0 Å². The summed E-state index contributed by atoms with van der Waals surface area (Å²) in [7, 11) is -3.83. The second-order valence-corrected chi connectivity index (χ2v) is 2.65. The summed E-state index contributed by atoms with van der Waals surface area (Å²) in [5, 5.41) is 0. The molecule has 4 nitrogen and oxygen atoms in total. The van der Waals surface area contributed by atoms with Crippen LogP contribution >= 0.6 is 0 Å². The molecule has 0 aromatic rings. The van der Waals surface area contributed by atoms with E-state index in [-0.39, 0.29) is 64.6 Å². The molecule has 0 bridgehead atoms. The van der Waals surface area contributed by atoms with Crippen LogP contribution in [0, 0.1) is 0 Å². The molecule has 0 aliphatic rings. The number of hydrogen-bond acceptors (Lipinski definition) is 3. The van der Waals surface area contributed by atoms with Crippen molar-refractivity contribution in [3.05, 3.63) is 0 Å². The van der Waals surface area contributed by atoms with Gasteiger partial charge in [0.1, 0.15) is 0 Å². The van der Waals surface area contributed by atoms with E-state index in [1.165, 1.54) is 0 Å². The van der Waals surface area contributed by atoms with Crippen LogP contribution in [-0.4, -0.2) is 48.3 Å². The molecule has 3 N–H and O–H groups in total. The average molecular weight is 178 g/mol. The molecule has 0 spiro atoms. The SMILES string of the molecule is O=S(O)(O)=S.[Na+].[NaH].[OH-]. The van der Waals surface area contributed by atoms with Crippen molar-refractivity contribution in [2.24, 2.45) is 0 Å². The molecule has 0 amide bonds. The number of hydrogen-bond donors (Lipinski definition) is 2. The zero-order valence-corrected chi connectivity index (χ0v) is 7.20. The maximum Gasteiger partial charge on any atom is -0.870 e. The van der Waals surface area contributed by atoms with Crippen LogP contribution in [0.15, 0.2) is 0 Å². The molecule has 0 unspecified atom stereocenters. The Kier molecular flexibility index (Phi) is 26.0. The zero-order valence-electron chi connectivity index (χ0n) is 3.57. The van der Waals surface area contributed by atoms with Gasteiger partial charge in [0.2, 0.25) is 0 Å². The second-order valence-electron chi connectivity index (χ2n) is 0.448. The van der Waals surface area contributed by atoms with Crippen LogP contribution in [-0.2, 0) is 20.2 Å². The summed E-state index contributed by atoms with van der Waals surface area (Å²) in [6.45, 7) is 0. The van der Waals surface area contributed by atoms with E-state index in [2.05, 4.69) is 11.2 Å². The Morgan fingerprint density at radius 3 is 1.38 bits per heavy atom. The third-order valence-electron chi connectivity index (χ3n) is 0. The van der Waals surface area contributed by atoms with Crippen LogP contribution in [0.5, 0.6) is 0 Å². The van der Waals surface area contributed by atoms with Gasteiger partial charge in [0.25, 0.3) is 9.05 Å². The Balaban J connectivity index is -0.0000000267. The fraction of sp³-hybridized carbons (Fsp3) is 0. The molecule has 0 saturated carbocycles. The Labute approximate surface area is 96.6 Å². The van der Waals surface area contributed by atoms with Gasteiger partial charge in [-0.1, -0.05) is 0 Å². The molecule has 8 heteroatoms. The van der Waals surface area contributed by atoms with Gasteiger partial charge in [-0.3, -0.25) is 9.11 Å². The fourth-order valence-electron chi connectivity index (χ4n) is 0. The molecule has 0 aliphatic carbocycles. The monoisotopic (exact) mass is 178 g/mol. The third-order valence-corrected chi connectivity index (χ3v) is 0. The summed E-state index contributed by atoms with van der Waals surface area (Å²) < 4.78 is 24.0. The van der Waals surface area contributed by atoms with E-state index in [1.54, 1.807) is 0 Å². The van der Waals surface area contributed by atoms with Gasteiger partial charge in [0, 0.05) is 11.2 Å². The smallest absolute Gasteiger partial charge is 0.870 e. The van der Waals surface area contributed by atoms with Gasteiger partial charge >= 0.3 is 59.1 Å². The Morgan fingerprint density at radius 1 is 1.38 bits per heavy atom.